The van der Waals surface area contributed by atoms with Crippen LogP contribution in [0.4, 0.5) is 0 Å². The molecule has 3 aromatic rings. The van der Waals surface area contributed by atoms with Crippen LogP contribution in [0, 0.1) is 0 Å². The van der Waals surface area contributed by atoms with Crippen LogP contribution >= 0.6 is 0 Å². The lowest BCUT2D eigenvalue weighted by molar-refractivity contribution is -0.116. The molecule has 0 aliphatic carbocycles. The number of carbonyl (C=O) groups is 1. The normalized spacial score (nSPS) is 14.8. The summed E-state index contributed by atoms with van der Waals surface area (Å²) in [6.07, 6.45) is 2.93. The minimum absolute atomic E-state index is 0.134. The number of amides is 1. The molecule has 2 aromatic carbocycles. The molecule has 1 unspecified atom stereocenters. The first-order valence-electron chi connectivity index (χ1n) is 10.2. The number of methoxy groups -OCH3 is 1. The second-order valence-corrected chi connectivity index (χ2v) is 7.19. The number of fused-ring (bicyclic) bond motifs is 1. The first-order chi connectivity index (χ1) is 15.6. The van der Waals surface area contributed by atoms with Gasteiger partial charge in [-0.15, -0.1) is 0 Å². The van der Waals surface area contributed by atoms with Crippen molar-refractivity contribution >= 4 is 11.5 Å². The number of nitrogens with zero attached hydrogens (tertiary/aromatic N) is 1. The SMILES string of the molecule is CNC(=O)/C=C(\C)c1ccc(OC2COc3c(Oc4ccnc(OC)c4)cccc32)cc1. The van der Waals surface area contributed by atoms with Crippen LogP contribution in [0.3, 0.4) is 0 Å². The summed E-state index contributed by atoms with van der Waals surface area (Å²) in [5.74, 6) is 2.93. The van der Waals surface area contributed by atoms with Gasteiger partial charge in [-0.3, -0.25) is 4.79 Å². The Balaban J connectivity index is 1.49. The van der Waals surface area contributed by atoms with Gasteiger partial charge in [-0.05, 0) is 42.3 Å². The van der Waals surface area contributed by atoms with E-state index in [-0.39, 0.29) is 12.0 Å². The molecule has 0 spiro atoms. The molecule has 4 rings (SSSR count). The van der Waals surface area contributed by atoms with Crippen LogP contribution in [0.1, 0.15) is 24.2 Å². The number of pyridine rings is 1. The van der Waals surface area contributed by atoms with Crippen molar-refractivity contribution in [2.24, 2.45) is 0 Å². The molecule has 1 amide bonds. The van der Waals surface area contributed by atoms with Gasteiger partial charge < -0.3 is 24.3 Å². The summed E-state index contributed by atoms with van der Waals surface area (Å²) in [4.78, 5) is 15.6. The van der Waals surface area contributed by atoms with E-state index in [2.05, 4.69) is 10.3 Å². The smallest absolute Gasteiger partial charge is 0.244 e. The highest BCUT2D eigenvalue weighted by molar-refractivity contribution is 5.94. The molecule has 0 saturated heterocycles. The van der Waals surface area contributed by atoms with Gasteiger partial charge in [0.2, 0.25) is 11.8 Å². The summed E-state index contributed by atoms with van der Waals surface area (Å²) in [5, 5.41) is 2.59. The summed E-state index contributed by atoms with van der Waals surface area (Å²) in [6.45, 7) is 2.28. The van der Waals surface area contributed by atoms with Crippen LogP contribution in [-0.4, -0.2) is 31.7 Å². The van der Waals surface area contributed by atoms with Gasteiger partial charge in [-0.25, -0.2) is 4.98 Å². The highest BCUT2D eigenvalue weighted by Gasteiger charge is 2.29. The number of hydrogen-bond acceptors (Lipinski definition) is 6. The highest BCUT2D eigenvalue weighted by atomic mass is 16.6. The fourth-order valence-electron chi connectivity index (χ4n) is 3.37. The molecule has 0 fully saturated rings. The Kier molecular flexibility index (Phi) is 6.26. The molecule has 1 N–H and O–H groups in total. The van der Waals surface area contributed by atoms with Crippen LogP contribution in [0.15, 0.2) is 66.9 Å². The molecule has 0 radical (unpaired) electrons. The van der Waals surface area contributed by atoms with Crippen LogP contribution in [-0.2, 0) is 4.79 Å². The second-order valence-electron chi connectivity index (χ2n) is 7.19. The molecule has 7 nitrogen and oxygen atoms in total. The lowest BCUT2D eigenvalue weighted by Crippen LogP contribution is -2.14. The molecular formula is C25H24N2O5. The minimum Gasteiger partial charge on any atom is -0.485 e. The van der Waals surface area contributed by atoms with Gasteiger partial charge in [0.1, 0.15) is 18.1 Å². The number of carbonyl (C=O) groups excluding carboxylic acids is 1. The van der Waals surface area contributed by atoms with Crippen molar-refractivity contribution in [2.45, 2.75) is 13.0 Å². The van der Waals surface area contributed by atoms with Gasteiger partial charge in [0.05, 0.1) is 7.11 Å². The standard InChI is InChI=1S/C25H24N2O5/c1-16(13-23(28)26-2)17-7-9-18(10-8-17)31-22-15-30-25-20(22)5-4-6-21(25)32-19-11-12-27-24(14-19)29-3/h4-14,22H,15H2,1-3H3,(H,26,28)/b16-13+. The maximum atomic E-state index is 11.5. The lowest BCUT2D eigenvalue weighted by Gasteiger charge is -2.14. The summed E-state index contributed by atoms with van der Waals surface area (Å²) < 4.78 is 23.2. The van der Waals surface area contributed by atoms with E-state index in [0.717, 1.165) is 16.7 Å². The van der Waals surface area contributed by atoms with E-state index < -0.39 is 0 Å². The molecule has 1 aromatic heterocycles. The molecule has 0 bridgehead atoms. The third kappa shape index (κ3) is 4.67. The average molecular weight is 432 g/mol. The van der Waals surface area contributed by atoms with Crippen LogP contribution in [0.25, 0.3) is 5.57 Å². The topological polar surface area (TPSA) is 78.9 Å². The third-order valence-electron chi connectivity index (χ3n) is 5.06. The number of aromatic nitrogens is 1. The molecule has 0 saturated carbocycles. The van der Waals surface area contributed by atoms with Crippen molar-refractivity contribution in [3.63, 3.8) is 0 Å². The van der Waals surface area contributed by atoms with E-state index in [1.54, 1.807) is 38.6 Å². The fourth-order valence-corrected chi connectivity index (χ4v) is 3.37. The van der Waals surface area contributed by atoms with Crippen LogP contribution in [0.5, 0.6) is 28.9 Å². The van der Waals surface area contributed by atoms with Gasteiger partial charge >= 0.3 is 0 Å². The van der Waals surface area contributed by atoms with Crippen LogP contribution in [0.2, 0.25) is 0 Å². The Hall–Kier alpha value is -4.00. The van der Waals surface area contributed by atoms with Crippen molar-refractivity contribution in [1.82, 2.24) is 10.3 Å². The zero-order valence-corrected chi connectivity index (χ0v) is 18.1. The van der Waals surface area contributed by atoms with E-state index >= 15 is 0 Å². The number of allylic oxidation sites excluding steroid dienone is 1. The Morgan fingerprint density at radius 2 is 1.97 bits per heavy atom. The van der Waals surface area contributed by atoms with Gasteiger partial charge in [-0.1, -0.05) is 24.3 Å². The zero-order chi connectivity index (χ0) is 22.5. The van der Waals surface area contributed by atoms with Crippen molar-refractivity contribution in [3.05, 3.63) is 78.0 Å². The monoisotopic (exact) mass is 432 g/mol. The minimum atomic E-state index is -0.256. The summed E-state index contributed by atoms with van der Waals surface area (Å²) >= 11 is 0. The number of likely N-dealkylation sites (N-methyl/N-ethyl adjacent to an activating group) is 1. The molecule has 1 atom stereocenters. The van der Waals surface area contributed by atoms with Crippen molar-refractivity contribution in [3.8, 4) is 28.9 Å². The van der Waals surface area contributed by atoms with E-state index in [1.165, 1.54) is 0 Å². The van der Waals surface area contributed by atoms with Crippen molar-refractivity contribution in [2.75, 3.05) is 20.8 Å². The number of ether oxygens (including phenoxy) is 4. The lowest BCUT2D eigenvalue weighted by atomic mass is 10.1. The van der Waals surface area contributed by atoms with Gasteiger partial charge in [-0.2, -0.15) is 0 Å². The largest absolute Gasteiger partial charge is 0.485 e. The fraction of sp³-hybridized carbons (Fsp3) is 0.200. The van der Waals surface area contributed by atoms with Crippen LogP contribution < -0.4 is 24.3 Å². The highest BCUT2D eigenvalue weighted by Crippen LogP contribution is 2.43. The van der Waals surface area contributed by atoms with E-state index in [1.807, 2.05) is 49.4 Å². The van der Waals surface area contributed by atoms with E-state index in [9.17, 15) is 4.79 Å². The summed E-state index contributed by atoms with van der Waals surface area (Å²) in [7, 11) is 3.17. The zero-order valence-electron chi connectivity index (χ0n) is 18.1. The number of rotatable bonds is 7. The number of hydrogen-bond donors (Lipinski definition) is 1. The summed E-state index contributed by atoms with van der Waals surface area (Å²) in [6, 6.07) is 16.8. The number of benzene rings is 2. The average Bonchev–Trinajstić information content (AvgIpc) is 3.23. The first kappa shape index (κ1) is 21.2. The second kappa shape index (κ2) is 9.43. The van der Waals surface area contributed by atoms with Gasteiger partial charge in [0.15, 0.2) is 17.6 Å². The predicted molar refractivity (Wildman–Crippen MR) is 120 cm³/mol. The first-order valence-corrected chi connectivity index (χ1v) is 10.2. The Labute approximate surface area is 186 Å². The molecule has 32 heavy (non-hydrogen) atoms. The Morgan fingerprint density at radius 3 is 2.72 bits per heavy atom. The molecule has 1 aliphatic heterocycles. The quantitative estimate of drug-likeness (QED) is 0.552. The number of nitrogens with one attached hydrogen (secondary N) is 1. The Morgan fingerprint density at radius 1 is 1.16 bits per heavy atom. The van der Waals surface area contributed by atoms with Gasteiger partial charge in [0.25, 0.3) is 0 Å². The van der Waals surface area contributed by atoms with Gasteiger partial charge in [0, 0.05) is 31.0 Å². The molecule has 1 aliphatic rings. The number of para-hydroxylation sites is 1. The van der Waals surface area contributed by atoms with Crippen molar-refractivity contribution < 1.29 is 23.7 Å². The van der Waals surface area contributed by atoms with E-state index in [0.29, 0.717) is 35.5 Å². The van der Waals surface area contributed by atoms with Crippen molar-refractivity contribution in [1.29, 1.82) is 0 Å². The maximum Gasteiger partial charge on any atom is 0.244 e. The molecule has 2 heterocycles. The third-order valence-corrected chi connectivity index (χ3v) is 5.06. The predicted octanol–water partition coefficient (Wildman–Crippen LogP) is 4.54. The molecule has 7 heteroatoms. The van der Waals surface area contributed by atoms with E-state index in [4.69, 9.17) is 18.9 Å². The maximum absolute atomic E-state index is 11.5. The molecular weight excluding hydrogens is 408 g/mol. The Bertz CT molecular complexity index is 1140. The molecule has 164 valence electrons. The summed E-state index contributed by atoms with van der Waals surface area (Å²) in [5.41, 5.74) is 2.75.